The molecule has 2 N–H and O–H groups in total. The zero-order valence-electron chi connectivity index (χ0n) is 10.2. The molecule has 3 nitrogen and oxygen atoms in total. The summed E-state index contributed by atoms with van der Waals surface area (Å²) in [6.45, 7) is 0. The Morgan fingerprint density at radius 2 is 1.26 bits per heavy atom. The molecule has 100 valence electrons. The third-order valence-electron chi connectivity index (χ3n) is 2.89. The fourth-order valence-corrected chi connectivity index (χ4v) is 2.25. The minimum atomic E-state index is -4.61. The monoisotopic (exact) mass is 279 g/mol. The average Bonchev–Trinajstić information content (AvgIpc) is 2.37. The van der Waals surface area contributed by atoms with E-state index in [4.69, 9.17) is 5.73 Å². The van der Waals surface area contributed by atoms with Gasteiger partial charge in [-0.15, -0.1) is 3.89 Å². The second-order valence-electron chi connectivity index (χ2n) is 4.32. The molecule has 0 fully saturated rings. The molecular formula is C14H14FNO2S. The van der Waals surface area contributed by atoms with Crippen LogP contribution in [0.15, 0.2) is 53.4 Å². The highest BCUT2D eigenvalue weighted by atomic mass is 32.3. The molecule has 19 heavy (non-hydrogen) atoms. The lowest BCUT2D eigenvalue weighted by Gasteiger charge is -2.03. The van der Waals surface area contributed by atoms with Crippen LogP contribution in [0.3, 0.4) is 0 Å². The van der Waals surface area contributed by atoms with Crippen LogP contribution in [0, 0.1) is 0 Å². The van der Waals surface area contributed by atoms with Gasteiger partial charge < -0.3 is 5.73 Å². The predicted octanol–water partition coefficient (Wildman–Crippen LogP) is 2.71. The first-order valence-corrected chi connectivity index (χ1v) is 7.21. The lowest BCUT2D eigenvalue weighted by Crippen LogP contribution is -1.95. The highest BCUT2D eigenvalue weighted by Crippen LogP contribution is 2.15. The van der Waals surface area contributed by atoms with E-state index in [0.717, 1.165) is 29.7 Å². The second-order valence-corrected chi connectivity index (χ2v) is 5.67. The third kappa shape index (κ3) is 3.79. The highest BCUT2D eigenvalue weighted by molar-refractivity contribution is 7.86. The smallest absolute Gasteiger partial charge is 0.332 e. The molecule has 0 aromatic heterocycles. The van der Waals surface area contributed by atoms with Crippen LogP contribution >= 0.6 is 0 Å². The lowest BCUT2D eigenvalue weighted by atomic mass is 10.0. The van der Waals surface area contributed by atoms with Crippen molar-refractivity contribution in [1.82, 2.24) is 0 Å². The third-order valence-corrected chi connectivity index (χ3v) is 3.72. The van der Waals surface area contributed by atoms with Gasteiger partial charge in [0.25, 0.3) is 0 Å². The predicted molar refractivity (Wildman–Crippen MR) is 73.0 cm³/mol. The van der Waals surface area contributed by atoms with Crippen molar-refractivity contribution in [2.45, 2.75) is 17.7 Å². The van der Waals surface area contributed by atoms with Gasteiger partial charge in [-0.1, -0.05) is 24.3 Å². The number of aryl methyl sites for hydroxylation is 2. The highest BCUT2D eigenvalue weighted by Gasteiger charge is 2.10. The number of hydrogen-bond donors (Lipinski definition) is 1. The SMILES string of the molecule is Nc1ccc(CCc2ccc(S(=O)(=O)F)cc2)cc1. The standard InChI is InChI=1S/C14H14FNO2S/c15-19(17,18)14-9-5-12(6-10-14)2-1-11-3-7-13(16)8-4-11/h3-10H,1-2,16H2. The Balaban J connectivity index is 2.02. The van der Waals surface area contributed by atoms with Crippen molar-refractivity contribution in [3.63, 3.8) is 0 Å². The summed E-state index contributed by atoms with van der Waals surface area (Å²) in [6.07, 6.45) is 1.58. The van der Waals surface area contributed by atoms with Gasteiger partial charge in [0.2, 0.25) is 0 Å². The second kappa shape index (κ2) is 5.40. The van der Waals surface area contributed by atoms with Gasteiger partial charge in [0.1, 0.15) is 0 Å². The van der Waals surface area contributed by atoms with E-state index < -0.39 is 10.2 Å². The van der Waals surface area contributed by atoms with Gasteiger partial charge in [-0.2, -0.15) is 8.42 Å². The average molecular weight is 279 g/mol. The first-order valence-electron chi connectivity index (χ1n) is 5.83. The van der Waals surface area contributed by atoms with E-state index in [0.29, 0.717) is 0 Å². The fraction of sp³-hybridized carbons (Fsp3) is 0.143. The first kappa shape index (κ1) is 13.5. The van der Waals surface area contributed by atoms with Gasteiger partial charge in [-0.05, 0) is 48.2 Å². The molecule has 0 radical (unpaired) electrons. The summed E-state index contributed by atoms with van der Waals surface area (Å²) in [4.78, 5) is -0.302. The minimum Gasteiger partial charge on any atom is -0.399 e. The van der Waals surface area contributed by atoms with Gasteiger partial charge in [0.05, 0.1) is 4.90 Å². The summed E-state index contributed by atoms with van der Waals surface area (Å²) in [6, 6.07) is 13.4. The maximum absolute atomic E-state index is 12.7. The van der Waals surface area contributed by atoms with Crippen LogP contribution in [0.25, 0.3) is 0 Å². The Bertz CT molecular complexity index is 649. The van der Waals surface area contributed by atoms with Gasteiger partial charge in [-0.3, -0.25) is 0 Å². The summed E-state index contributed by atoms with van der Waals surface area (Å²) in [5, 5.41) is 0. The maximum atomic E-state index is 12.7. The molecule has 0 saturated carbocycles. The van der Waals surface area contributed by atoms with Crippen LogP contribution in [-0.4, -0.2) is 8.42 Å². The van der Waals surface area contributed by atoms with Crippen molar-refractivity contribution in [3.05, 3.63) is 59.7 Å². The van der Waals surface area contributed by atoms with Gasteiger partial charge in [-0.25, -0.2) is 0 Å². The summed E-state index contributed by atoms with van der Waals surface area (Å²) in [5.41, 5.74) is 8.43. The van der Waals surface area contributed by atoms with Gasteiger partial charge in [0.15, 0.2) is 0 Å². The zero-order chi connectivity index (χ0) is 13.9. The Kier molecular flexibility index (Phi) is 3.85. The Hall–Kier alpha value is -1.88. The summed E-state index contributed by atoms with van der Waals surface area (Å²) < 4.78 is 34.1. The molecule has 0 spiro atoms. The molecule has 0 saturated heterocycles. The van der Waals surface area contributed by atoms with Crippen LogP contribution in [0.4, 0.5) is 9.57 Å². The molecule has 2 aromatic rings. The van der Waals surface area contributed by atoms with Crippen molar-refractivity contribution in [3.8, 4) is 0 Å². The van der Waals surface area contributed by atoms with Crippen LogP contribution in [-0.2, 0) is 23.1 Å². The number of rotatable bonds is 4. The molecule has 0 heterocycles. The maximum Gasteiger partial charge on any atom is 0.332 e. The van der Waals surface area contributed by atoms with E-state index in [1.54, 1.807) is 12.1 Å². The molecule has 0 unspecified atom stereocenters. The molecule has 0 bridgehead atoms. The van der Waals surface area contributed by atoms with Crippen molar-refractivity contribution in [1.29, 1.82) is 0 Å². The van der Waals surface area contributed by atoms with Crippen LogP contribution < -0.4 is 5.73 Å². The number of nitrogens with two attached hydrogens (primary N) is 1. The summed E-state index contributed by atoms with van der Waals surface area (Å²) in [7, 11) is -4.61. The van der Waals surface area contributed by atoms with E-state index in [9.17, 15) is 12.3 Å². The number of halogens is 1. The summed E-state index contributed by atoms with van der Waals surface area (Å²) in [5.74, 6) is 0. The van der Waals surface area contributed by atoms with Crippen molar-refractivity contribution >= 4 is 15.9 Å². The first-order chi connectivity index (χ1) is 8.95. The largest absolute Gasteiger partial charge is 0.399 e. The van der Waals surface area contributed by atoms with Crippen molar-refractivity contribution in [2.24, 2.45) is 0 Å². The normalized spacial score (nSPS) is 11.4. The molecule has 2 rings (SSSR count). The molecule has 5 heteroatoms. The molecule has 0 atom stereocenters. The summed E-state index contributed by atoms with van der Waals surface area (Å²) >= 11 is 0. The lowest BCUT2D eigenvalue weighted by molar-refractivity contribution is 0.552. The van der Waals surface area contributed by atoms with E-state index in [2.05, 4.69) is 0 Å². The quantitative estimate of drug-likeness (QED) is 0.691. The van der Waals surface area contributed by atoms with Gasteiger partial charge in [0, 0.05) is 5.69 Å². The van der Waals surface area contributed by atoms with Gasteiger partial charge >= 0.3 is 10.2 Å². The minimum absolute atomic E-state index is 0.302. The molecule has 0 amide bonds. The molecule has 0 aliphatic heterocycles. The molecular weight excluding hydrogens is 265 g/mol. The van der Waals surface area contributed by atoms with E-state index in [-0.39, 0.29) is 4.90 Å². The number of anilines is 1. The van der Waals surface area contributed by atoms with Crippen LogP contribution in [0.1, 0.15) is 11.1 Å². The number of nitrogen functional groups attached to an aromatic ring is 1. The van der Waals surface area contributed by atoms with Crippen molar-refractivity contribution in [2.75, 3.05) is 5.73 Å². The fourth-order valence-electron chi connectivity index (χ4n) is 1.79. The van der Waals surface area contributed by atoms with E-state index >= 15 is 0 Å². The van der Waals surface area contributed by atoms with E-state index in [1.165, 1.54) is 12.1 Å². The topological polar surface area (TPSA) is 60.2 Å². The van der Waals surface area contributed by atoms with Crippen molar-refractivity contribution < 1.29 is 12.3 Å². The Morgan fingerprint density at radius 1 is 0.842 bits per heavy atom. The zero-order valence-corrected chi connectivity index (χ0v) is 11.0. The van der Waals surface area contributed by atoms with E-state index in [1.807, 2.05) is 24.3 Å². The molecule has 0 aliphatic carbocycles. The van der Waals surface area contributed by atoms with Crippen LogP contribution in [0.5, 0.6) is 0 Å². The number of hydrogen-bond acceptors (Lipinski definition) is 3. The van der Waals surface area contributed by atoms with Crippen LogP contribution in [0.2, 0.25) is 0 Å². The Labute approximate surface area is 112 Å². The molecule has 2 aromatic carbocycles. The number of benzene rings is 2. The molecule has 0 aliphatic rings. The Morgan fingerprint density at radius 3 is 1.68 bits per heavy atom.